The molecule has 5 heteroatoms. The van der Waals surface area contributed by atoms with E-state index in [4.69, 9.17) is 14.6 Å². The lowest BCUT2D eigenvalue weighted by atomic mass is 9.87. The van der Waals surface area contributed by atoms with Crippen LogP contribution in [0.4, 0.5) is 0 Å². The van der Waals surface area contributed by atoms with Crippen molar-refractivity contribution in [3.63, 3.8) is 0 Å². The van der Waals surface area contributed by atoms with E-state index < -0.39 is 5.97 Å². The van der Waals surface area contributed by atoms with Crippen LogP contribution in [0.3, 0.4) is 0 Å². The number of carbonyl (C=O) groups is 1. The molecule has 0 bridgehead atoms. The van der Waals surface area contributed by atoms with Gasteiger partial charge in [0.1, 0.15) is 18.1 Å². The van der Waals surface area contributed by atoms with E-state index in [1.165, 1.54) is 5.56 Å². The van der Waals surface area contributed by atoms with Crippen LogP contribution in [0.25, 0.3) is 10.9 Å². The second-order valence-electron chi connectivity index (χ2n) is 9.50. The van der Waals surface area contributed by atoms with Gasteiger partial charge >= 0.3 is 5.97 Å². The number of hydrogen-bond donors (Lipinski definition) is 1. The van der Waals surface area contributed by atoms with Gasteiger partial charge in [-0.3, -0.25) is 0 Å². The first-order chi connectivity index (χ1) is 16.3. The molecule has 0 aliphatic carbocycles. The average Bonchev–Trinajstić information content (AvgIpc) is 3.22. The number of benzene rings is 3. The monoisotopic (exact) mass is 457 g/mol. The number of rotatable bonds is 9. The highest BCUT2D eigenvalue weighted by Crippen LogP contribution is 2.25. The summed E-state index contributed by atoms with van der Waals surface area (Å²) in [6.45, 7) is 8.47. The standard InChI is InChI=1S/C29H31NO4/c1-29(2,3)24-8-10-25(11-9-24)33-17-5-15-30-16-14-22-19-26(12-13-27(22)30)34-20-21-6-4-7-23(18-21)28(31)32/h4,6-14,16,18-19H,5,15,17,20H2,1-3H3,(H,31,32). The van der Waals surface area contributed by atoms with Gasteiger partial charge in [0.2, 0.25) is 0 Å². The molecule has 5 nitrogen and oxygen atoms in total. The third-order valence-corrected chi connectivity index (χ3v) is 5.85. The molecule has 0 spiro atoms. The van der Waals surface area contributed by atoms with E-state index >= 15 is 0 Å². The fourth-order valence-corrected chi connectivity index (χ4v) is 3.90. The first-order valence-electron chi connectivity index (χ1n) is 11.6. The molecule has 4 aromatic rings. The number of carboxylic acid groups (broad SMARTS) is 1. The lowest BCUT2D eigenvalue weighted by molar-refractivity contribution is 0.0696. The summed E-state index contributed by atoms with van der Waals surface area (Å²) in [5, 5.41) is 10.2. The van der Waals surface area contributed by atoms with Gasteiger partial charge in [-0.15, -0.1) is 0 Å². The molecule has 1 heterocycles. The van der Waals surface area contributed by atoms with Crippen LogP contribution in [0.5, 0.6) is 11.5 Å². The van der Waals surface area contributed by atoms with Gasteiger partial charge in [0.05, 0.1) is 12.2 Å². The Bertz CT molecular complexity index is 1270. The molecule has 1 N–H and O–H groups in total. The molecule has 0 aliphatic heterocycles. The molecule has 176 valence electrons. The van der Waals surface area contributed by atoms with Crippen LogP contribution >= 0.6 is 0 Å². The van der Waals surface area contributed by atoms with Gasteiger partial charge in [0.15, 0.2) is 0 Å². The Morgan fingerprint density at radius 3 is 2.41 bits per heavy atom. The van der Waals surface area contributed by atoms with E-state index in [9.17, 15) is 4.79 Å². The Hall–Kier alpha value is -3.73. The van der Waals surface area contributed by atoms with E-state index in [-0.39, 0.29) is 11.0 Å². The van der Waals surface area contributed by atoms with E-state index in [0.717, 1.165) is 40.9 Å². The molecule has 0 fully saturated rings. The van der Waals surface area contributed by atoms with Gasteiger partial charge in [-0.1, -0.05) is 45.0 Å². The van der Waals surface area contributed by atoms with Crippen LogP contribution in [0.2, 0.25) is 0 Å². The summed E-state index contributed by atoms with van der Waals surface area (Å²) in [6, 6.07) is 23.3. The molecule has 34 heavy (non-hydrogen) atoms. The minimum atomic E-state index is -0.937. The van der Waals surface area contributed by atoms with Gasteiger partial charge in [-0.25, -0.2) is 4.79 Å². The lowest BCUT2D eigenvalue weighted by Crippen LogP contribution is -2.10. The number of aryl methyl sites for hydroxylation is 1. The van der Waals surface area contributed by atoms with Crippen LogP contribution < -0.4 is 9.47 Å². The first-order valence-corrected chi connectivity index (χ1v) is 11.6. The van der Waals surface area contributed by atoms with Crippen molar-refractivity contribution < 1.29 is 19.4 Å². The lowest BCUT2D eigenvalue weighted by Gasteiger charge is -2.19. The Morgan fingerprint density at radius 1 is 0.912 bits per heavy atom. The number of nitrogens with zero attached hydrogens (tertiary/aromatic N) is 1. The normalized spacial score (nSPS) is 11.5. The van der Waals surface area contributed by atoms with Crippen molar-refractivity contribution in [3.05, 3.63) is 95.7 Å². The Labute approximate surface area is 200 Å². The maximum absolute atomic E-state index is 11.1. The van der Waals surface area contributed by atoms with E-state index in [1.54, 1.807) is 18.2 Å². The maximum atomic E-state index is 11.1. The van der Waals surface area contributed by atoms with Crippen molar-refractivity contribution in [2.75, 3.05) is 6.61 Å². The van der Waals surface area contributed by atoms with Crippen LogP contribution in [0.15, 0.2) is 79.0 Å². The maximum Gasteiger partial charge on any atom is 0.335 e. The third-order valence-electron chi connectivity index (χ3n) is 5.85. The zero-order chi connectivity index (χ0) is 24.1. The van der Waals surface area contributed by atoms with Crippen molar-refractivity contribution >= 4 is 16.9 Å². The molecule has 0 aliphatic rings. The van der Waals surface area contributed by atoms with Crippen molar-refractivity contribution in [1.82, 2.24) is 4.57 Å². The largest absolute Gasteiger partial charge is 0.494 e. The number of ether oxygens (including phenoxy) is 2. The summed E-state index contributed by atoms with van der Waals surface area (Å²) in [6.07, 6.45) is 2.99. The summed E-state index contributed by atoms with van der Waals surface area (Å²) < 4.78 is 14.1. The number of fused-ring (bicyclic) bond motifs is 1. The zero-order valence-electron chi connectivity index (χ0n) is 20.0. The highest BCUT2D eigenvalue weighted by Gasteiger charge is 2.13. The van der Waals surface area contributed by atoms with Gasteiger partial charge in [-0.2, -0.15) is 0 Å². The quantitative estimate of drug-likeness (QED) is 0.285. The van der Waals surface area contributed by atoms with Crippen molar-refractivity contribution in [2.24, 2.45) is 0 Å². The Kier molecular flexibility index (Phi) is 6.92. The molecule has 0 radical (unpaired) electrons. The minimum Gasteiger partial charge on any atom is -0.494 e. The molecular formula is C29H31NO4. The van der Waals surface area contributed by atoms with Crippen LogP contribution in [-0.4, -0.2) is 22.2 Å². The summed E-state index contributed by atoms with van der Waals surface area (Å²) in [4.78, 5) is 11.1. The van der Waals surface area contributed by atoms with Gasteiger partial charge in [-0.05, 0) is 71.5 Å². The summed E-state index contributed by atoms with van der Waals surface area (Å²) in [5.74, 6) is 0.725. The highest BCUT2D eigenvalue weighted by atomic mass is 16.5. The molecule has 4 rings (SSSR count). The average molecular weight is 458 g/mol. The van der Waals surface area contributed by atoms with Gasteiger partial charge in [0, 0.05) is 23.6 Å². The molecular weight excluding hydrogens is 426 g/mol. The predicted octanol–water partition coefficient (Wildman–Crippen LogP) is 6.69. The zero-order valence-corrected chi connectivity index (χ0v) is 20.0. The molecule has 0 atom stereocenters. The molecule has 0 amide bonds. The minimum absolute atomic E-state index is 0.143. The van der Waals surface area contributed by atoms with Gasteiger partial charge < -0.3 is 19.1 Å². The van der Waals surface area contributed by atoms with Crippen LogP contribution in [0.1, 0.15) is 48.7 Å². The molecule has 3 aromatic carbocycles. The smallest absolute Gasteiger partial charge is 0.335 e. The number of hydrogen-bond acceptors (Lipinski definition) is 3. The highest BCUT2D eigenvalue weighted by molar-refractivity contribution is 5.87. The fraction of sp³-hybridized carbons (Fsp3) is 0.276. The molecule has 1 aromatic heterocycles. The number of aromatic nitrogens is 1. The summed E-state index contributed by atoms with van der Waals surface area (Å²) >= 11 is 0. The van der Waals surface area contributed by atoms with Crippen molar-refractivity contribution in [3.8, 4) is 11.5 Å². The van der Waals surface area contributed by atoms with Crippen molar-refractivity contribution in [1.29, 1.82) is 0 Å². The van der Waals surface area contributed by atoms with Gasteiger partial charge in [0.25, 0.3) is 0 Å². The first kappa shape index (κ1) is 23.4. The van der Waals surface area contributed by atoms with E-state index in [2.05, 4.69) is 55.8 Å². The SMILES string of the molecule is CC(C)(C)c1ccc(OCCCn2ccc3cc(OCc4cccc(C(=O)O)c4)ccc32)cc1. The van der Waals surface area contributed by atoms with Crippen LogP contribution in [0, 0.1) is 0 Å². The Morgan fingerprint density at radius 2 is 1.68 bits per heavy atom. The van der Waals surface area contributed by atoms with Crippen LogP contribution in [-0.2, 0) is 18.6 Å². The molecule has 0 saturated carbocycles. The third kappa shape index (κ3) is 5.79. The summed E-state index contributed by atoms with van der Waals surface area (Å²) in [5.41, 5.74) is 3.68. The summed E-state index contributed by atoms with van der Waals surface area (Å²) in [7, 11) is 0. The second-order valence-corrected chi connectivity index (χ2v) is 9.50. The van der Waals surface area contributed by atoms with Crippen molar-refractivity contribution in [2.45, 2.75) is 45.8 Å². The molecule has 0 saturated heterocycles. The van der Waals surface area contributed by atoms with E-state index in [1.807, 2.05) is 30.3 Å². The predicted molar refractivity (Wildman–Crippen MR) is 135 cm³/mol. The Balaban J connectivity index is 1.30. The fourth-order valence-electron chi connectivity index (χ4n) is 3.90. The second kappa shape index (κ2) is 10.0. The number of aromatic carboxylic acids is 1. The molecule has 0 unspecified atom stereocenters. The topological polar surface area (TPSA) is 60.7 Å². The van der Waals surface area contributed by atoms with E-state index in [0.29, 0.717) is 13.2 Å². The number of carboxylic acids is 1.